The zero-order valence-corrected chi connectivity index (χ0v) is 13.1. The number of hydrazone groups is 1. The first kappa shape index (κ1) is 16.1. The topological polar surface area (TPSA) is 61.7 Å². The van der Waals surface area contributed by atoms with E-state index in [1.807, 2.05) is 6.92 Å². The second kappa shape index (κ2) is 8.24. The van der Waals surface area contributed by atoms with Crippen LogP contribution < -0.4 is 5.43 Å². The Kier molecular flexibility index (Phi) is 6.03. The normalized spacial score (nSPS) is 10.8. The largest absolute Gasteiger partial charge is 0.507 e. The van der Waals surface area contributed by atoms with E-state index in [0.717, 1.165) is 5.75 Å². The fourth-order valence-electron chi connectivity index (χ4n) is 1.75. The number of benzene rings is 2. The SMILES string of the molecule is Cc1ccc(CSCC(=O)N/N=C\c2ccccc2O)cc1. The minimum atomic E-state index is -0.163. The maximum absolute atomic E-state index is 11.7. The molecule has 0 heterocycles. The summed E-state index contributed by atoms with van der Waals surface area (Å²) in [5.74, 6) is 1.10. The average Bonchev–Trinajstić information content (AvgIpc) is 2.51. The Balaban J connectivity index is 1.72. The summed E-state index contributed by atoms with van der Waals surface area (Å²) in [6, 6.07) is 15.1. The number of thioether (sulfide) groups is 1. The summed E-state index contributed by atoms with van der Waals surface area (Å²) in [6.07, 6.45) is 1.43. The summed E-state index contributed by atoms with van der Waals surface area (Å²) < 4.78 is 0. The lowest BCUT2D eigenvalue weighted by molar-refractivity contribution is -0.118. The number of hydrogen-bond acceptors (Lipinski definition) is 4. The molecule has 0 saturated carbocycles. The van der Waals surface area contributed by atoms with E-state index in [1.54, 1.807) is 24.3 Å². The van der Waals surface area contributed by atoms with E-state index >= 15 is 0 Å². The third-order valence-corrected chi connectivity index (χ3v) is 3.96. The highest BCUT2D eigenvalue weighted by molar-refractivity contribution is 7.99. The van der Waals surface area contributed by atoms with Crippen LogP contribution in [-0.2, 0) is 10.5 Å². The van der Waals surface area contributed by atoms with Gasteiger partial charge in [-0.05, 0) is 24.6 Å². The fourth-order valence-corrected chi connectivity index (χ4v) is 2.53. The van der Waals surface area contributed by atoms with Crippen LogP contribution in [0.1, 0.15) is 16.7 Å². The van der Waals surface area contributed by atoms with Gasteiger partial charge in [-0.3, -0.25) is 4.79 Å². The molecule has 0 saturated heterocycles. The quantitative estimate of drug-likeness (QED) is 0.636. The molecule has 2 aromatic rings. The van der Waals surface area contributed by atoms with Crippen molar-refractivity contribution in [3.8, 4) is 5.75 Å². The molecule has 22 heavy (non-hydrogen) atoms. The van der Waals surface area contributed by atoms with Gasteiger partial charge in [-0.25, -0.2) is 5.43 Å². The number of phenols is 1. The van der Waals surface area contributed by atoms with E-state index in [2.05, 4.69) is 34.8 Å². The number of para-hydroxylation sites is 1. The number of amides is 1. The maximum atomic E-state index is 11.7. The van der Waals surface area contributed by atoms with Crippen molar-refractivity contribution in [3.05, 3.63) is 65.2 Å². The van der Waals surface area contributed by atoms with Gasteiger partial charge < -0.3 is 5.11 Å². The van der Waals surface area contributed by atoms with Gasteiger partial charge in [-0.2, -0.15) is 5.10 Å². The third-order valence-electron chi connectivity index (χ3n) is 2.95. The molecular formula is C17H18N2O2S. The van der Waals surface area contributed by atoms with Crippen LogP contribution >= 0.6 is 11.8 Å². The lowest BCUT2D eigenvalue weighted by Crippen LogP contribution is -2.19. The lowest BCUT2D eigenvalue weighted by atomic mass is 10.2. The maximum Gasteiger partial charge on any atom is 0.250 e. The third kappa shape index (κ3) is 5.26. The van der Waals surface area contributed by atoms with Gasteiger partial charge in [0.2, 0.25) is 5.91 Å². The first-order valence-electron chi connectivity index (χ1n) is 6.88. The number of phenolic OH excluding ortho intramolecular Hbond substituents is 1. The van der Waals surface area contributed by atoms with E-state index < -0.39 is 0 Å². The Morgan fingerprint density at radius 3 is 2.68 bits per heavy atom. The molecule has 0 unspecified atom stereocenters. The highest BCUT2D eigenvalue weighted by Gasteiger charge is 2.01. The van der Waals surface area contributed by atoms with Gasteiger partial charge in [0.1, 0.15) is 5.75 Å². The molecule has 114 valence electrons. The van der Waals surface area contributed by atoms with Crippen LogP contribution in [0.4, 0.5) is 0 Å². The standard InChI is InChI=1S/C17H18N2O2S/c1-13-6-8-14(9-7-13)11-22-12-17(21)19-18-10-15-4-2-3-5-16(15)20/h2-10,20H,11-12H2,1H3,(H,19,21)/b18-10-. The zero-order valence-electron chi connectivity index (χ0n) is 12.3. The molecule has 0 radical (unpaired) electrons. The molecule has 4 nitrogen and oxygen atoms in total. The van der Waals surface area contributed by atoms with Crippen molar-refractivity contribution in [2.24, 2.45) is 5.10 Å². The number of aromatic hydroxyl groups is 1. The van der Waals surface area contributed by atoms with Crippen molar-refractivity contribution >= 4 is 23.9 Å². The van der Waals surface area contributed by atoms with Crippen molar-refractivity contribution in [1.82, 2.24) is 5.43 Å². The first-order chi connectivity index (χ1) is 10.6. The van der Waals surface area contributed by atoms with Crippen LogP contribution in [0.5, 0.6) is 5.75 Å². The summed E-state index contributed by atoms with van der Waals surface area (Å²) in [4.78, 5) is 11.7. The Morgan fingerprint density at radius 2 is 1.95 bits per heavy atom. The molecule has 2 N–H and O–H groups in total. The highest BCUT2D eigenvalue weighted by atomic mass is 32.2. The van der Waals surface area contributed by atoms with Crippen molar-refractivity contribution in [3.63, 3.8) is 0 Å². The van der Waals surface area contributed by atoms with Gasteiger partial charge in [0.25, 0.3) is 0 Å². The van der Waals surface area contributed by atoms with E-state index in [1.165, 1.54) is 29.1 Å². The van der Waals surface area contributed by atoms with Gasteiger partial charge in [-0.15, -0.1) is 11.8 Å². The van der Waals surface area contributed by atoms with Crippen LogP contribution in [0.25, 0.3) is 0 Å². The summed E-state index contributed by atoms with van der Waals surface area (Å²) in [6.45, 7) is 2.05. The first-order valence-corrected chi connectivity index (χ1v) is 8.04. The summed E-state index contributed by atoms with van der Waals surface area (Å²) in [5, 5.41) is 13.4. The molecule has 0 aliphatic rings. The molecule has 2 aromatic carbocycles. The van der Waals surface area contributed by atoms with Gasteiger partial charge in [0, 0.05) is 11.3 Å². The summed E-state index contributed by atoms with van der Waals surface area (Å²) in [7, 11) is 0. The molecule has 0 aromatic heterocycles. The van der Waals surface area contributed by atoms with Crippen LogP contribution in [0.15, 0.2) is 53.6 Å². The fraction of sp³-hybridized carbons (Fsp3) is 0.176. The van der Waals surface area contributed by atoms with Gasteiger partial charge in [-0.1, -0.05) is 42.0 Å². The second-order valence-electron chi connectivity index (χ2n) is 4.83. The van der Waals surface area contributed by atoms with Crippen LogP contribution in [0.3, 0.4) is 0 Å². The van der Waals surface area contributed by atoms with Crippen LogP contribution in [0.2, 0.25) is 0 Å². The van der Waals surface area contributed by atoms with E-state index in [4.69, 9.17) is 0 Å². The second-order valence-corrected chi connectivity index (χ2v) is 5.82. The van der Waals surface area contributed by atoms with E-state index in [-0.39, 0.29) is 11.7 Å². The molecular weight excluding hydrogens is 296 g/mol. The van der Waals surface area contributed by atoms with Gasteiger partial charge in [0.15, 0.2) is 0 Å². The van der Waals surface area contributed by atoms with E-state index in [0.29, 0.717) is 11.3 Å². The van der Waals surface area contributed by atoms with Crippen molar-refractivity contribution in [1.29, 1.82) is 0 Å². The predicted molar refractivity (Wildman–Crippen MR) is 91.2 cm³/mol. The molecule has 0 bridgehead atoms. The van der Waals surface area contributed by atoms with Crippen molar-refractivity contribution in [2.45, 2.75) is 12.7 Å². The van der Waals surface area contributed by atoms with Crippen molar-refractivity contribution in [2.75, 3.05) is 5.75 Å². The molecule has 0 aliphatic heterocycles. The molecule has 1 amide bonds. The van der Waals surface area contributed by atoms with Crippen LogP contribution in [-0.4, -0.2) is 23.0 Å². The summed E-state index contributed by atoms with van der Waals surface area (Å²) in [5.41, 5.74) is 5.44. The molecule has 0 spiro atoms. The van der Waals surface area contributed by atoms with Crippen molar-refractivity contribution < 1.29 is 9.90 Å². The van der Waals surface area contributed by atoms with Gasteiger partial charge >= 0.3 is 0 Å². The average molecular weight is 314 g/mol. The van der Waals surface area contributed by atoms with Gasteiger partial charge in [0.05, 0.1) is 12.0 Å². The Bertz CT molecular complexity index is 654. The molecule has 2 rings (SSSR count). The molecule has 5 heteroatoms. The lowest BCUT2D eigenvalue weighted by Gasteiger charge is -2.02. The number of hydrogen-bond donors (Lipinski definition) is 2. The Hall–Kier alpha value is -2.27. The molecule has 0 fully saturated rings. The summed E-state index contributed by atoms with van der Waals surface area (Å²) >= 11 is 1.53. The van der Waals surface area contributed by atoms with E-state index in [9.17, 15) is 9.90 Å². The molecule has 0 aliphatic carbocycles. The Labute approximate surface area is 134 Å². The number of carbonyl (C=O) groups excluding carboxylic acids is 1. The number of rotatable bonds is 6. The number of nitrogens with zero attached hydrogens (tertiary/aromatic N) is 1. The monoisotopic (exact) mass is 314 g/mol. The Morgan fingerprint density at radius 1 is 1.23 bits per heavy atom. The number of aryl methyl sites for hydroxylation is 1. The minimum absolute atomic E-state index is 0.134. The van der Waals surface area contributed by atoms with Crippen LogP contribution in [0, 0.1) is 6.92 Å². The minimum Gasteiger partial charge on any atom is -0.507 e. The highest BCUT2D eigenvalue weighted by Crippen LogP contribution is 2.13. The number of carbonyl (C=O) groups is 1. The molecule has 0 atom stereocenters. The zero-order chi connectivity index (χ0) is 15.8. The predicted octanol–water partition coefficient (Wildman–Crippen LogP) is 3.08. The smallest absolute Gasteiger partial charge is 0.250 e. The number of nitrogens with one attached hydrogen (secondary N) is 1.